The summed E-state index contributed by atoms with van der Waals surface area (Å²) in [6.07, 6.45) is -4.57. The summed E-state index contributed by atoms with van der Waals surface area (Å²) in [6.45, 7) is 2.48. The zero-order valence-electron chi connectivity index (χ0n) is 23.0. The molecule has 0 bridgehead atoms. The number of likely N-dealkylation sites (N-methyl/N-ethyl adjacent to an activating group) is 1. The molecule has 42 heavy (non-hydrogen) atoms. The van der Waals surface area contributed by atoms with E-state index in [0.717, 1.165) is 11.6 Å². The van der Waals surface area contributed by atoms with E-state index in [1.54, 1.807) is 55.5 Å². The van der Waals surface area contributed by atoms with Crippen molar-refractivity contribution < 1.29 is 41.9 Å². The normalized spacial score (nSPS) is 12.0. The van der Waals surface area contributed by atoms with Crippen LogP contribution in [0.1, 0.15) is 34.7 Å². The van der Waals surface area contributed by atoms with Gasteiger partial charge in [-0.05, 0) is 37.1 Å². The molecule has 0 aliphatic carbocycles. The van der Waals surface area contributed by atoms with E-state index in [0.29, 0.717) is 16.7 Å². The van der Waals surface area contributed by atoms with Gasteiger partial charge in [-0.2, -0.15) is 8.78 Å². The molecule has 0 saturated carbocycles. The fraction of sp³-hybridized carbons (Fsp3) is 0.241. The molecule has 0 aromatic heterocycles. The van der Waals surface area contributed by atoms with Gasteiger partial charge in [0, 0.05) is 23.7 Å². The Kier molecular flexibility index (Phi) is 10.9. The summed E-state index contributed by atoms with van der Waals surface area (Å²) >= 11 is 5.81. The lowest BCUT2D eigenvalue weighted by molar-refractivity contribution is -0.218. The fourth-order valence-corrected chi connectivity index (χ4v) is 3.82. The molecule has 0 atom stereocenters. The van der Waals surface area contributed by atoms with Crippen LogP contribution in [0.3, 0.4) is 0 Å². The van der Waals surface area contributed by atoms with E-state index in [-0.39, 0.29) is 23.6 Å². The van der Waals surface area contributed by atoms with E-state index in [1.165, 1.54) is 27.1 Å². The lowest BCUT2D eigenvalue weighted by Gasteiger charge is -2.19. The van der Waals surface area contributed by atoms with Gasteiger partial charge in [-0.15, -0.1) is 0 Å². The van der Waals surface area contributed by atoms with Crippen molar-refractivity contribution in [2.75, 3.05) is 14.2 Å². The highest BCUT2D eigenvalue weighted by molar-refractivity contribution is 6.45. The zero-order chi connectivity index (χ0) is 30.9. The maximum absolute atomic E-state index is 14.9. The van der Waals surface area contributed by atoms with Crippen LogP contribution in [0.5, 0.6) is 5.75 Å². The first-order valence-electron chi connectivity index (χ1n) is 12.3. The Bertz CT molecular complexity index is 1500. The maximum Gasteiger partial charge on any atom is 0.502 e. The number of benzene rings is 3. The van der Waals surface area contributed by atoms with E-state index < -0.39 is 41.2 Å². The van der Waals surface area contributed by atoms with Crippen LogP contribution in [0.15, 0.2) is 71.0 Å². The van der Waals surface area contributed by atoms with Gasteiger partial charge >= 0.3 is 12.1 Å². The Hall–Kier alpha value is -4.58. The molecule has 0 heterocycles. The van der Waals surface area contributed by atoms with Gasteiger partial charge in [-0.1, -0.05) is 70.4 Å². The Morgan fingerprint density at radius 2 is 1.69 bits per heavy atom. The molecule has 3 rings (SSSR count). The number of amides is 1. The van der Waals surface area contributed by atoms with Crippen LogP contribution in [0.25, 0.3) is 0 Å². The summed E-state index contributed by atoms with van der Waals surface area (Å²) in [7, 11) is 2.73. The number of carbonyl (C=O) groups is 2. The number of hydrogen-bond acceptors (Lipinski definition) is 8. The van der Waals surface area contributed by atoms with Crippen molar-refractivity contribution in [2.45, 2.75) is 33.2 Å². The average molecular weight is 606 g/mol. The van der Waals surface area contributed by atoms with E-state index in [9.17, 15) is 22.8 Å². The number of nitrogens with one attached hydrogen (secondary N) is 1. The van der Waals surface area contributed by atoms with Crippen LogP contribution >= 0.6 is 11.6 Å². The number of alkyl halides is 2. The predicted molar refractivity (Wildman–Crippen MR) is 149 cm³/mol. The minimum atomic E-state index is -4.57. The topological polar surface area (TPSA) is 108 Å². The Morgan fingerprint density at radius 3 is 2.36 bits per heavy atom. The van der Waals surface area contributed by atoms with Crippen molar-refractivity contribution in [3.05, 3.63) is 99.3 Å². The van der Waals surface area contributed by atoms with Gasteiger partial charge in [0.05, 0.1) is 10.7 Å². The first-order valence-corrected chi connectivity index (χ1v) is 12.7. The summed E-state index contributed by atoms with van der Waals surface area (Å²) in [5.41, 5.74) is 1.76. The van der Waals surface area contributed by atoms with Crippen molar-refractivity contribution in [1.29, 1.82) is 0 Å². The molecular weight excluding hydrogens is 579 g/mol. The number of hydrogen-bond donors (Lipinski definition) is 1. The Balaban J connectivity index is 1.85. The van der Waals surface area contributed by atoms with Crippen LogP contribution in [0.4, 0.5) is 13.2 Å². The molecule has 0 spiro atoms. The fourth-order valence-electron chi connectivity index (χ4n) is 3.67. The van der Waals surface area contributed by atoms with Crippen LogP contribution < -0.4 is 10.1 Å². The van der Waals surface area contributed by atoms with E-state index in [2.05, 4.69) is 25.1 Å². The molecule has 0 aliphatic heterocycles. The van der Waals surface area contributed by atoms with Crippen LogP contribution in [0.2, 0.25) is 5.02 Å². The summed E-state index contributed by atoms with van der Waals surface area (Å²) in [5.74, 6) is -4.91. The van der Waals surface area contributed by atoms with Crippen LogP contribution in [-0.2, 0) is 37.2 Å². The summed E-state index contributed by atoms with van der Waals surface area (Å²) in [4.78, 5) is 34.8. The molecule has 9 nitrogen and oxygen atoms in total. The summed E-state index contributed by atoms with van der Waals surface area (Å²) in [5, 5.41) is 9.67. The number of aryl methyl sites for hydroxylation is 1. The lowest BCUT2D eigenvalue weighted by Crippen LogP contribution is -2.37. The highest BCUT2D eigenvalue weighted by Crippen LogP contribution is 2.34. The van der Waals surface area contributed by atoms with Crippen LogP contribution in [0, 0.1) is 12.7 Å². The molecule has 0 radical (unpaired) electrons. The molecule has 222 valence electrons. The molecule has 3 aromatic carbocycles. The average Bonchev–Trinajstić information content (AvgIpc) is 2.98. The molecular formula is C29H27ClF3N3O6. The number of halogens is 4. The SMILES string of the molecule is CNC(=O)/C(=N/OC)c1cccc(C)c1CO/N=C(\C)c1ccc(Cl)c(F)c1OC(F)(F)C(=O)OCc1ccccc1. The Labute approximate surface area is 244 Å². The second-order valence-corrected chi connectivity index (χ2v) is 9.08. The molecule has 13 heteroatoms. The number of oxime groups is 2. The maximum atomic E-state index is 14.9. The minimum Gasteiger partial charge on any atom is -0.453 e. The van der Waals surface area contributed by atoms with Gasteiger partial charge in [0.25, 0.3) is 5.91 Å². The van der Waals surface area contributed by atoms with Crippen molar-refractivity contribution in [3.63, 3.8) is 0 Å². The first-order chi connectivity index (χ1) is 20.0. The minimum absolute atomic E-state index is 0.0140. The third-order valence-corrected chi connectivity index (χ3v) is 6.11. The van der Waals surface area contributed by atoms with E-state index in [4.69, 9.17) is 21.3 Å². The van der Waals surface area contributed by atoms with Crippen molar-refractivity contribution in [3.8, 4) is 5.75 Å². The zero-order valence-corrected chi connectivity index (χ0v) is 23.8. The molecule has 0 aliphatic rings. The standard InChI is InChI=1S/C29H27ClF3N3O6/c1-17-9-8-12-21(25(36-39-4)27(37)34-3)22(17)16-41-35-18(2)20-13-14-23(30)24(31)26(20)42-29(32,33)28(38)40-15-19-10-6-5-7-11-19/h5-14H,15-16H2,1-4H3,(H,34,37)/b35-18+,36-25+. The van der Waals surface area contributed by atoms with Gasteiger partial charge in [0.1, 0.15) is 20.3 Å². The Morgan fingerprint density at radius 1 is 0.976 bits per heavy atom. The van der Waals surface area contributed by atoms with E-state index in [1.807, 2.05) is 0 Å². The van der Waals surface area contributed by atoms with Crippen molar-refractivity contribution in [2.24, 2.45) is 10.3 Å². The molecule has 1 amide bonds. The number of nitrogens with zero attached hydrogens (tertiary/aromatic N) is 2. The molecule has 0 saturated heterocycles. The molecule has 0 fully saturated rings. The van der Waals surface area contributed by atoms with Crippen molar-refractivity contribution in [1.82, 2.24) is 5.32 Å². The van der Waals surface area contributed by atoms with Gasteiger partial charge in [-0.25, -0.2) is 9.18 Å². The second kappa shape index (κ2) is 14.4. The predicted octanol–water partition coefficient (Wildman–Crippen LogP) is 5.54. The van der Waals surface area contributed by atoms with Gasteiger partial charge < -0.3 is 24.5 Å². The number of esters is 1. The molecule has 1 N–H and O–H groups in total. The number of carbonyl (C=O) groups excluding carboxylic acids is 2. The largest absolute Gasteiger partial charge is 0.502 e. The molecule has 0 unspecified atom stereocenters. The van der Waals surface area contributed by atoms with Gasteiger partial charge in [0.15, 0.2) is 17.3 Å². The second-order valence-electron chi connectivity index (χ2n) is 8.67. The van der Waals surface area contributed by atoms with Gasteiger partial charge in [-0.3, -0.25) is 4.79 Å². The van der Waals surface area contributed by atoms with Crippen LogP contribution in [-0.4, -0.2) is 43.6 Å². The highest BCUT2D eigenvalue weighted by atomic mass is 35.5. The third kappa shape index (κ3) is 7.78. The quantitative estimate of drug-likeness (QED) is 0.165. The monoisotopic (exact) mass is 605 g/mol. The highest BCUT2D eigenvalue weighted by Gasteiger charge is 2.46. The summed E-state index contributed by atoms with van der Waals surface area (Å²) < 4.78 is 53.6. The number of rotatable bonds is 12. The van der Waals surface area contributed by atoms with Crippen molar-refractivity contribution >= 4 is 34.9 Å². The number of ether oxygens (including phenoxy) is 2. The first kappa shape index (κ1) is 31.9. The molecule has 3 aromatic rings. The van der Waals surface area contributed by atoms with Gasteiger partial charge in [0.2, 0.25) is 0 Å². The van der Waals surface area contributed by atoms with E-state index >= 15 is 0 Å². The third-order valence-electron chi connectivity index (χ3n) is 5.82. The lowest BCUT2D eigenvalue weighted by atomic mass is 9.98. The smallest absolute Gasteiger partial charge is 0.453 e. The summed E-state index contributed by atoms with van der Waals surface area (Å²) in [6, 6.07) is 15.5.